The Morgan fingerprint density at radius 3 is 2.42 bits per heavy atom. The zero-order chi connectivity index (χ0) is 17.7. The largest absolute Gasteiger partial charge is 0.337 e. The van der Waals surface area contributed by atoms with Crippen LogP contribution in [-0.4, -0.2) is 47.9 Å². The molecule has 24 heavy (non-hydrogen) atoms. The summed E-state index contributed by atoms with van der Waals surface area (Å²) in [5.41, 5.74) is 0.834. The predicted octanol–water partition coefficient (Wildman–Crippen LogP) is 3.70. The lowest BCUT2D eigenvalue weighted by atomic mass is 10.0. The van der Waals surface area contributed by atoms with E-state index in [1.165, 1.54) is 0 Å². The number of nitriles is 1. The van der Waals surface area contributed by atoms with Gasteiger partial charge in [0.2, 0.25) is 5.91 Å². The summed E-state index contributed by atoms with van der Waals surface area (Å²) in [4.78, 5) is 16.3. The normalized spacial score (nSPS) is 17.2. The molecular weight excluding hydrogens is 345 g/mol. The lowest BCUT2D eigenvalue weighted by molar-refractivity contribution is -0.127. The van der Waals surface area contributed by atoms with Crippen molar-refractivity contribution in [2.24, 2.45) is 5.92 Å². The van der Waals surface area contributed by atoms with Gasteiger partial charge in [-0.25, -0.2) is 0 Å². The van der Waals surface area contributed by atoms with Crippen molar-refractivity contribution in [1.29, 1.82) is 5.26 Å². The average molecular weight is 366 g/mol. The topological polar surface area (TPSA) is 47.3 Å². The molecule has 6 heteroatoms. The van der Waals surface area contributed by atoms with E-state index in [0.29, 0.717) is 23.1 Å². The number of carbonyl (C=O) groups excluding carboxylic acids is 1. The van der Waals surface area contributed by atoms with Crippen molar-refractivity contribution in [3.05, 3.63) is 39.9 Å². The molecule has 1 amide bonds. The van der Waals surface area contributed by atoms with E-state index >= 15 is 0 Å². The van der Waals surface area contributed by atoms with Gasteiger partial charge in [-0.05, 0) is 29.7 Å². The third-order valence-corrected chi connectivity index (χ3v) is 4.88. The van der Waals surface area contributed by atoms with E-state index in [4.69, 9.17) is 23.2 Å². The quantitative estimate of drug-likeness (QED) is 0.764. The highest BCUT2D eigenvalue weighted by molar-refractivity contribution is 6.42. The summed E-state index contributed by atoms with van der Waals surface area (Å²) >= 11 is 11.8. The van der Waals surface area contributed by atoms with Crippen molar-refractivity contribution in [2.75, 3.05) is 26.2 Å². The lowest BCUT2D eigenvalue weighted by Crippen LogP contribution is -2.52. The number of amides is 1. The van der Waals surface area contributed by atoms with Gasteiger partial charge in [0, 0.05) is 32.3 Å². The Morgan fingerprint density at radius 1 is 1.21 bits per heavy atom. The molecule has 1 aliphatic rings. The van der Waals surface area contributed by atoms with Crippen LogP contribution in [0.4, 0.5) is 0 Å². The summed E-state index contributed by atoms with van der Waals surface area (Å²) in [6.45, 7) is 6.81. The fourth-order valence-electron chi connectivity index (χ4n) is 2.76. The monoisotopic (exact) mass is 365 g/mol. The van der Waals surface area contributed by atoms with Crippen molar-refractivity contribution in [3.8, 4) is 6.07 Å². The summed E-state index contributed by atoms with van der Waals surface area (Å²) in [6.07, 6.45) is 3.29. The molecule has 1 saturated heterocycles. The molecule has 1 unspecified atom stereocenters. The molecule has 0 bridgehead atoms. The van der Waals surface area contributed by atoms with Gasteiger partial charge in [0.1, 0.15) is 6.04 Å². The van der Waals surface area contributed by atoms with Gasteiger partial charge in [-0.3, -0.25) is 9.69 Å². The number of halogens is 2. The van der Waals surface area contributed by atoms with E-state index in [2.05, 4.69) is 11.0 Å². The highest BCUT2D eigenvalue weighted by Crippen LogP contribution is 2.23. The molecule has 2 rings (SSSR count). The SMILES string of the molecule is CC(C)C(C#N)N1CCN(C(=O)/C=C/c2ccc(Cl)c(Cl)c2)CC1. The molecule has 0 N–H and O–H groups in total. The van der Waals surface area contributed by atoms with Crippen molar-refractivity contribution in [1.82, 2.24) is 9.80 Å². The average Bonchev–Trinajstić information content (AvgIpc) is 2.56. The number of nitrogens with zero attached hydrogens (tertiary/aromatic N) is 3. The summed E-state index contributed by atoms with van der Waals surface area (Å²) in [5, 5.41) is 10.2. The van der Waals surface area contributed by atoms with Crippen LogP contribution in [0.3, 0.4) is 0 Å². The first-order valence-electron chi connectivity index (χ1n) is 7.98. The molecule has 1 fully saturated rings. The molecule has 0 saturated carbocycles. The van der Waals surface area contributed by atoms with Crippen LogP contribution in [0.1, 0.15) is 19.4 Å². The van der Waals surface area contributed by atoms with Crippen molar-refractivity contribution < 1.29 is 4.79 Å². The third-order valence-electron chi connectivity index (χ3n) is 4.15. The minimum absolute atomic E-state index is 0.0289. The van der Waals surface area contributed by atoms with Crippen LogP contribution >= 0.6 is 23.2 Å². The molecule has 1 atom stereocenters. The number of rotatable bonds is 4. The molecule has 4 nitrogen and oxygen atoms in total. The fraction of sp³-hybridized carbons (Fsp3) is 0.444. The molecular formula is C18H21Cl2N3O. The van der Waals surface area contributed by atoms with Crippen LogP contribution in [0.2, 0.25) is 10.0 Å². The van der Waals surface area contributed by atoms with Gasteiger partial charge < -0.3 is 4.90 Å². The van der Waals surface area contributed by atoms with Crippen LogP contribution in [-0.2, 0) is 4.79 Å². The molecule has 128 valence electrons. The van der Waals surface area contributed by atoms with Crippen LogP contribution in [0.25, 0.3) is 6.08 Å². The number of carbonyl (C=O) groups is 1. The Balaban J connectivity index is 1.92. The number of hydrogen-bond donors (Lipinski definition) is 0. The molecule has 0 radical (unpaired) electrons. The Morgan fingerprint density at radius 2 is 1.88 bits per heavy atom. The zero-order valence-electron chi connectivity index (χ0n) is 13.9. The highest BCUT2D eigenvalue weighted by Gasteiger charge is 2.26. The van der Waals surface area contributed by atoms with Gasteiger partial charge in [-0.2, -0.15) is 5.26 Å². The van der Waals surface area contributed by atoms with Gasteiger partial charge in [0.05, 0.1) is 16.1 Å². The fourth-order valence-corrected chi connectivity index (χ4v) is 3.07. The number of hydrogen-bond acceptors (Lipinski definition) is 3. The lowest BCUT2D eigenvalue weighted by Gasteiger charge is -2.37. The van der Waals surface area contributed by atoms with E-state index in [-0.39, 0.29) is 17.9 Å². The molecule has 0 aromatic heterocycles. The molecule has 1 aromatic rings. The van der Waals surface area contributed by atoms with Crippen molar-refractivity contribution >= 4 is 35.2 Å². The molecule has 1 aromatic carbocycles. The maximum atomic E-state index is 12.3. The summed E-state index contributed by atoms with van der Waals surface area (Å²) in [6, 6.07) is 7.52. The Kier molecular flexibility index (Phi) is 6.68. The summed E-state index contributed by atoms with van der Waals surface area (Å²) < 4.78 is 0. The first-order valence-corrected chi connectivity index (χ1v) is 8.73. The highest BCUT2D eigenvalue weighted by atomic mass is 35.5. The first-order chi connectivity index (χ1) is 11.4. The second kappa shape index (κ2) is 8.53. The first kappa shape index (κ1) is 18.8. The van der Waals surface area contributed by atoms with Gasteiger partial charge in [0.15, 0.2) is 0 Å². The summed E-state index contributed by atoms with van der Waals surface area (Å²) in [7, 11) is 0. The maximum Gasteiger partial charge on any atom is 0.246 e. The standard InChI is InChI=1S/C18H21Cl2N3O/c1-13(2)17(12-21)22-7-9-23(10-8-22)18(24)6-4-14-3-5-15(19)16(20)11-14/h3-6,11,13,17H,7-10H2,1-2H3/b6-4+. The van der Waals surface area contributed by atoms with E-state index in [0.717, 1.165) is 18.7 Å². The molecule has 1 aliphatic heterocycles. The smallest absolute Gasteiger partial charge is 0.246 e. The minimum atomic E-state index is -0.0889. The van der Waals surface area contributed by atoms with Gasteiger partial charge >= 0.3 is 0 Å². The Bertz CT molecular complexity index is 659. The van der Waals surface area contributed by atoms with Crippen molar-refractivity contribution in [3.63, 3.8) is 0 Å². The predicted molar refractivity (Wildman–Crippen MR) is 97.9 cm³/mol. The maximum absolute atomic E-state index is 12.3. The van der Waals surface area contributed by atoms with Crippen LogP contribution in [0, 0.1) is 17.2 Å². The number of piperazine rings is 1. The van der Waals surface area contributed by atoms with Gasteiger partial charge in [-0.15, -0.1) is 0 Å². The van der Waals surface area contributed by atoms with Gasteiger partial charge in [-0.1, -0.05) is 43.1 Å². The second-order valence-electron chi connectivity index (χ2n) is 6.19. The second-order valence-corrected chi connectivity index (χ2v) is 7.00. The Labute approximate surface area is 153 Å². The van der Waals surface area contributed by atoms with Crippen LogP contribution in [0.15, 0.2) is 24.3 Å². The van der Waals surface area contributed by atoms with Crippen LogP contribution < -0.4 is 0 Å². The van der Waals surface area contributed by atoms with E-state index in [1.807, 2.05) is 19.9 Å². The van der Waals surface area contributed by atoms with E-state index in [9.17, 15) is 10.1 Å². The van der Waals surface area contributed by atoms with E-state index < -0.39 is 0 Å². The Hall–Kier alpha value is -1.54. The van der Waals surface area contributed by atoms with Gasteiger partial charge in [0.25, 0.3) is 0 Å². The molecule has 0 aliphatic carbocycles. The number of benzene rings is 1. The summed E-state index contributed by atoms with van der Waals surface area (Å²) in [5.74, 6) is 0.255. The van der Waals surface area contributed by atoms with Crippen LogP contribution in [0.5, 0.6) is 0 Å². The molecule has 1 heterocycles. The molecule has 0 spiro atoms. The minimum Gasteiger partial charge on any atom is -0.337 e. The van der Waals surface area contributed by atoms with E-state index in [1.54, 1.807) is 29.2 Å². The van der Waals surface area contributed by atoms with Crippen molar-refractivity contribution in [2.45, 2.75) is 19.9 Å². The zero-order valence-corrected chi connectivity index (χ0v) is 15.4. The third kappa shape index (κ3) is 4.73.